The zero-order chi connectivity index (χ0) is 16.4. The van der Waals surface area contributed by atoms with Crippen LogP contribution in [-0.4, -0.2) is 21.6 Å². The van der Waals surface area contributed by atoms with Crippen molar-refractivity contribution in [2.24, 2.45) is 0 Å². The summed E-state index contributed by atoms with van der Waals surface area (Å²) < 4.78 is 32.2. The van der Waals surface area contributed by atoms with E-state index in [1.54, 1.807) is 18.2 Å². The molecule has 0 saturated heterocycles. The third-order valence-corrected chi connectivity index (χ3v) is 4.80. The van der Waals surface area contributed by atoms with E-state index in [0.29, 0.717) is 6.61 Å². The average molecular weight is 325 g/mol. The van der Waals surface area contributed by atoms with E-state index < -0.39 is 10.0 Å². The lowest BCUT2D eigenvalue weighted by Crippen LogP contribution is -2.23. The highest BCUT2D eigenvalue weighted by atomic mass is 32.2. The van der Waals surface area contributed by atoms with E-state index in [9.17, 15) is 8.42 Å². The maximum absolute atomic E-state index is 12.0. The smallest absolute Gasteiger partial charge is 0.240 e. The quantitative estimate of drug-likeness (QED) is 0.497. The van der Waals surface area contributed by atoms with Crippen molar-refractivity contribution in [3.63, 3.8) is 0 Å². The van der Waals surface area contributed by atoms with Crippen LogP contribution in [0.3, 0.4) is 0 Å². The van der Waals surface area contributed by atoms with Crippen molar-refractivity contribution in [2.75, 3.05) is 13.2 Å². The molecule has 0 radical (unpaired) electrons. The van der Waals surface area contributed by atoms with Crippen LogP contribution in [0.15, 0.2) is 35.7 Å². The SMILES string of the molecule is C=CCNS(=O)(=O)c1ccc(OCCCCCCC)c(C)c1. The molecule has 5 heteroatoms. The largest absolute Gasteiger partial charge is 0.493 e. The van der Waals surface area contributed by atoms with Crippen LogP contribution < -0.4 is 9.46 Å². The summed E-state index contributed by atoms with van der Waals surface area (Å²) in [5.41, 5.74) is 0.829. The van der Waals surface area contributed by atoms with Crippen LogP contribution in [0.25, 0.3) is 0 Å². The van der Waals surface area contributed by atoms with Crippen molar-refractivity contribution in [3.8, 4) is 5.75 Å². The van der Waals surface area contributed by atoms with Gasteiger partial charge in [0.05, 0.1) is 11.5 Å². The molecule has 0 aliphatic heterocycles. The summed E-state index contributed by atoms with van der Waals surface area (Å²) in [4.78, 5) is 0.252. The molecular weight excluding hydrogens is 298 g/mol. The number of hydrogen-bond acceptors (Lipinski definition) is 3. The Hall–Kier alpha value is -1.33. The Kier molecular flexibility index (Phi) is 8.20. The van der Waals surface area contributed by atoms with E-state index in [0.717, 1.165) is 17.7 Å². The van der Waals surface area contributed by atoms with Crippen LogP contribution in [0.4, 0.5) is 0 Å². The normalized spacial score (nSPS) is 11.4. The molecule has 1 rings (SSSR count). The van der Waals surface area contributed by atoms with Gasteiger partial charge in [0.1, 0.15) is 5.75 Å². The van der Waals surface area contributed by atoms with E-state index in [1.165, 1.54) is 31.8 Å². The number of aryl methyl sites for hydroxylation is 1. The van der Waals surface area contributed by atoms with Crippen LogP contribution in [0.2, 0.25) is 0 Å². The van der Waals surface area contributed by atoms with E-state index >= 15 is 0 Å². The van der Waals surface area contributed by atoms with Crippen LogP contribution >= 0.6 is 0 Å². The number of unbranched alkanes of at least 4 members (excludes halogenated alkanes) is 4. The molecule has 0 atom stereocenters. The Morgan fingerprint density at radius 2 is 1.95 bits per heavy atom. The molecule has 4 nitrogen and oxygen atoms in total. The number of sulfonamides is 1. The summed E-state index contributed by atoms with van der Waals surface area (Å²) in [6.07, 6.45) is 7.45. The Balaban J connectivity index is 2.57. The van der Waals surface area contributed by atoms with Gasteiger partial charge in [-0.2, -0.15) is 0 Å². The maximum Gasteiger partial charge on any atom is 0.240 e. The monoisotopic (exact) mass is 325 g/mol. The Labute approximate surface area is 134 Å². The lowest BCUT2D eigenvalue weighted by atomic mass is 10.2. The molecule has 1 N–H and O–H groups in total. The van der Waals surface area contributed by atoms with Crippen molar-refractivity contribution in [1.82, 2.24) is 4.72 Å². The molecule has 0 unspecified atom stereocenters. The highest BCUT2D eigenvalue weighted by molar-refractivity contribution is 7.89. The molecule has 0 bridgehead atoms. The third kappa shape index (κ3) is 6.20. The predicted octanol–water partition coefficient (Wildman–Crippen LogP) is 3.81. The van der Waals surface area contributed by atoms with Crippen molar-refractivity contribution in [1.29, 1.82) is 0 Å². The Morgan fingerprint density at radius 3 is 2.59 bits per heavy atom. The molecule has 0 aliphatic rings. The zero-order valence-electron chi connectivity index (χ0n) is 13.6. The molecule has 0 aliphatic carbocycles. The van der Waals surface area contributed by atoms with Gasteiger partial charge >= 0.3 is 0 Å². The average Bonchev–Trinajstić information content (AvgIpc) is 2.50. The highest BCUT2D eigenvalue weighted by Gasteiger charge is 2.14. The fourth-order valence-corrected chi connectivity index (χ4v) is 3.17. The van der Waals surface area contributed by atoms with Crippen LogP contribution in [0.1, 0.15) is 44.6 Å². The van der Waals surface area contributed by atoms with Crippen LogP contribution in [0, 0.1) is 6.92 Å². The first-order valence-corrected chi connectivity index (χ1v) is 9.33. The summed E-state index contributed by atoms with van der Waals surface area (Å²) in [6.45, 7) is 8.45. The van der Waals surface area contributed by atoms with Gasteiger partial charge in [0.25, 0.3) is 0 Å². The zero-order valence-corrected chi connectivity index (χ0v) is 14.4. The molecule has 22 heavy (non-hydrogen) atoms. The summed E-state index contributed by atoms with van der Waals surface area (Å²) >= 11 is 0. The lowest BCUT2D eigenvalue weighted by Gasteiger charge is -2.11. The molecule has 1 aromatic carbocycles. The minimum Gasteiger partial charge on any atom is -0.493 e. The first kappa shape index (κ1) is 18.7. The second kappa shape index (κ2) is 9.64. The first-order chi connectivity index (χ1) is 10.5. The van der Waals surface area contributed by atoms with Gasteiger partial charge in [-0.15, -0.1) is 6.58 Å². The van der Waals surface area contributed by atoms with Gasteiger partial charge in [0, 0.05) is 6.54 Å². The summed E-state index contributed by atoms with van der Waals surface area (Å²) in [5.74, 6) is 0.748. The van der Waals surface area contributed by atoms with Crippen molar-refractivity contribution in [2.45, 2.75) is 50.8 Å². The van der Waals surface area contributed by atoms with Gasteiger partial charge in [-0.3, -0.25) is 0 Å². The number of nitrogens with one attached hydrogen (secondary N) is 1. The number of rotatable bonds is 11. The first-order valence-electron chi connectivity index (χ1n) is 7.85. The van der Waals surface area contributed by atoms with Crippen molar-refractivity contribution >= 4 is 10.0 Å². The maximum atomic E-state index is 12.0. The fraction of sp³-hybridized carbons (Fsp3) is 0.529. The third-order valence-electron chi connectivity index (χ3n) is 3.38. The minimum atomic E-state index is -3.47. The molecular formula is C17H27NO3S. The molecule has 124 valence electrons. The summed E-state index contributed by atoms with van der Waals surface area (Å²) in [5, 5.41) is 0. The van der Waals surface area contributed by atoms with Gasteiger partial charge in [0.2, 0.25) is 10.0 Å². The predicted molar refractivity (Wildman–Crippen MR) is 90.8 cm³/mol. The molecule has 0 saturated carbocycles. The summed E-state index contributed by atoms with van der Waals surface area (Å²) in [6, 6.07) is 4.94. The van der Waals surface area contributed by atoms with Gasteiger partial charge in [-0.1, -0.05) is 38.7 Å². The molecule has 0 aromatic heterocycles. The summed E-state index contributed by atoms with van der Waals surface area (Å²) in [7, 11) is -3.47. The van der Waals surface area contributed by atoms with Crippen molar-refractivity contribution < 1.29 is 13.2 Å². The van der Waals surface area contributed by atoms with Crippen LogP contribution in [0.5, 0.6) is 5.75 Å². The topological polar surface area (TPSA) is 55.4 Å². The standard InChI is InChI=1S/C17H27NO3S/c1-4-6-7-8-9-13-21-17-11-10-16(14-15(17)3)22(19,20)18-12-5-2/h5,10-11,14,18H,2,4,6-9,12-13H2,1,3H3. The van der Waals surface area contributed by atoms with E-state index in [-0.39, 0.29) is 11.4 Å². The van der Waals surface area contributed by atoms with Gasteiger partial charge in [-0.05, 0) is 37.1 Å². The van der Waals surface area contributed by atoms with Crippen molar-refractivity contribution in [3.05, 3.63) is 36.4 Å². The van der Waals surface area contributed by atoms with E-state index in [1.807, 2.05) is 6.92 Å². The second-order valence-corrected chi connectivity index (χ2v) is 7.10. The molecule has 1 aromatic rings. The van der Waals surface area contributed by atoms with Crippen LogP contribution in [-0.2, 0) is 10.0 Å². The fourth-order valence-electron chi connectivity index (χ4n) is 2.09. The highest BCUT2D eigenvalue weighted by Crippen LogP contribution is 2.22. The van der Waals surface area contributed by atoms with E-state index in [2.05, 4.69) is 18.2 Å². The number of benzene rings is 1. The molecule has 0 fully saturated rings. The van der Waals surface area contributed by atoms with Gasteiger partial charge in [0.15, 0.2) is 0 Å². The van der Waals surface area contributed by atoms with Gasteiger partial charge in [-0.25, -0.2) is 13.1 Å². The minimum absolute atomic E-state index is 0.220. The Bertz CT molecular complexity index is 567. The number of ether oxygens (including phenoxy) is 1. The lowest BCUT2D eigenvalue weighted by molar-refractivity contribution is 0.302. The molecule has 0 heterocycles. The number of hydrogen-bond donors (Lipinski definition) is 1. The molecule has 0 amide bonds. The van der Waals surface area contributed by atoms with Gasteiger partial charge < -0.3 is 4.74 Å². The molecule has 0 spiro atoms. The van der Waals surface area contributed by atoms with E-state index in [4.69, 9.17) is 4.74 Å². The second-order valence-electron chi connectivity index (χ2n) is 5.33. The Morgan fingerprint density at radius 1 is 1.23 bits per heavy atom.